The van der Waals surface area contributed by atoms with E-state index in [0.717, 1.165) is 17.9 Å². The van der Waals surface area contributed by atoms with Gasteiger partial charge in [0.15, 0.2) is 0 Å². The van der Waals surface area contributed by atoms with Gasteiger partial charge in [-0.15, -0.1) is 0 Å². The third kappa shape index (κ3) is 2.71. The van der Waals surface area contributed by atoms with Crippen molar-refractivity contribution in [3.63, 3.8) is 0 Å². The fourth-order valence-corrected chi connectivity index (χ4v) is 2.32. The molecule has 0 saturated carbocycles. The lowest BCUT2D eigenvalue weighted by Crippen LogP contribution is -2.17. The van der Waals surface area contributed by atoms with Crippen LogP contribution in [-0.2, 0) is 0 Å². The summed E-state index contributed by atoms with van der Waals surface area (Å²) < 4.78 is 2.03. The maximum Gasteiger partial charge on any atom is 0.0652 e. The molecule has 3 nitrogen and oxygen atoms in total. The van der Waals surface area contributed by atoms with Crippen molar-refractivity contribution in [1.29, 1.82) is 0 Å². The first-order valence-corrected chi connectivity index (χ1v) is 6.91. The second kappa shape index (κ2) is 5.57. The molecule has 0 fully saturated rings. The van der Waals surface area contributed by atoms with Crippen molar-refractivity contribution in [2.75, 3.05) is 6.54 Å². The smallest absolute Gasteiger partial charge is 0.0652 e. The van der Waals surface area contributed by atoms with E-state index >= 15 is 0 Å². The van der Waals surface area contributed by atoms with Gasteiger partial charge in [-0.3, -0.25) is 0 Å². The van der Waals surface area contributed by atoms with Crippen molar-refractivity contribution in [2.24, 2.45) is 0 Å². The third-order valence-corrected chi connectivity index (χ3v) is 3.78. The van der Waals surface area contributed by atoms with E-state index < -0.39 is 0 Å². The van der Waals surface area contributed by atoms with Gasteiger partial charge in [0.1, 0.15) is 0 Å². The Labute approximate surface area is 115 Å². The summed E-state index contributed by atoms with van der Waals surface area (Å²) in [5, 5.41) is 8.06. The summed E-state index contributed by atoms with van der Waals surface area (Å²) in [6.45, 7) is 11.6. The number of hydrogen-bond donors (Lipinski definition) is 1. The number of aryl methyl sites for hydroxylation is 1. The van der Waals surface area contributed by atoms with E-state index in [9.17, 15) is 0 Å². The molecule has 0 aliphatic carbocycles. The maximum atomic E-state index is 4.62. The molecule has 1 N–H and O–H groups in total. The Balaban J connectivity index is 2.40. The highest BCUT2D eigenvalue weighted by Gasteiger charge is 2.10. The highest BCUT2D eigenvalue weighted by Crippen LogP contribution is 2.20. The lowest BCUT2D eigenvalue weighted by atomic mass is 10.1. The van der Waals surface area contributed by atoms with E-state index in [1.807, 2.05) is 4.68 Å². The lowest BCUT2D eigenvalue weighted by molar-refractivity contribution is 0.597. The largest absolute Gasteiger partial charge is 0.310 e. The number of aromatic nitrogens is 2. The number of benzene rings is 1. The van der Waals surface area contributed by atoms with Crippen LogP contribution < -0.4 is 5.32 Å². The Bertz CT molecular complexity index is 569. The summed E-state index contributed by atoms with van der Waals surface area (Å²) in [6, 6.07) is 8.95. The van der Waals surface area contributed by atoms with E-state index in [-0.39, 0.29) is 0 Å². The number of nitrogens with one attached hydrogen (secondary N) is 1. The standard InChI is InChI=1S/C16H23N3/c1-6-17-13(4)15-8-7-9-16(10-15)19-14(5)11(2)12(3)18-19/h7-10,13,17H,6H2,1-5H3. The average Bonchev–Trinajstić information content (AvgIpc) is 2.67. The minimum absolute atomic E-state index is 0.364. The van der Waals surface area contributed by atoms with Gasteiger partial charge in [-0.1, -0.05) is 19.1 Å². The average molecular weight is 257 g/mol. The monoisotopic (exact) mass is 257 g/mol. The SMILES string of the molecule is CCNC(C)c1cccc(-n2nc(C)c(C)c2C)c1. The predicted molar refractivity (Wildman–Crippen MR) is 79.9 cm³/mol. The predicted octanol–water partition coefficient (Wildman–Crippen LogP) is 3.47. The first-order valence-electron chi connectivity index (χ1n) is 6.91. The molecule has 0 aliphatic rings. The molecule has 0 radical (unpaired) electrons. The van der Waals surface area contributed by atoms with Gasteiger partial charge in [0.05, 0.1) is 11.4 Å². The second-order valence-corrected chi connectivity index (χ2v) is 5.08. The van der Waals surface area contributed by atoms with Crippen LogP contribution in [0.4, 0.5) is 0 Å². The fourth-order valence-electron chi connectivity index (χ4n) is 2.32. The third-order valence-electron chi connectivity index (χ3n) is 3.78. The topological polar surface area (TPSA) is 29.9 Å². The zero-order valence-corrected chi connectivity index (χ0v) is 12.5. The van der Waals surface area contributed by atoms with Crippen LogP contribution in [0.3, 0.4) is 0 Å². The molecule has 1 heterocycles. The first-order chi connectivity index (χ1) is 9.04. The van der Waals surface area contributed by atoms with Gasteiger partial charge < -0.3 is 5.32 Å². The highest BCUT2D eigenvalue weighted by atomic mass is 15.3. The Morgan fingerprint density at radius 1 is 1.26 bits per heavy atom. The minimum atomic E-state index is 0.364. The van der Waals surface area contributed by atoms with Gasteiger partial charge in [0, 0.05) is 11.7 Å². The van der Waals surface area contributed by atoms with E-state index in [2.05, 4.69) is 69.3 Å². The van der Waals surface area contributed by atoms with Crippen molar-refractivity contribution >= 4 is 0 Å². The van der Waals surface area contributed by atoms with Crippen LogP contribution in [0.5, 0.6) is 0 Å². The molecule has 0 aliphatic heterocycles. The summed E-state index contributed by atoms with van der Waals surface area (Å²) in [7, 11) is 0. The van der Waals surface area contributed by atoms with Gasteiger partial charge in [-0.05, 0) is 57.5 Å². The van der Waals surface area contributed by atoms with Crippen molar-refractivity contribution in [3.8, 4) is 5.69 Å². The van der Waals surface area contributed by atoms with E-state index in [1.54, 1.807) is 0 Å². The minimum Gasteiger partial charge on any atom is -0.310 e. The molecule has 1 atom stereocenters. The molecule has 2 rings (SSSR count). The summed E-state index contributed by atoms with van der Waals surface area (Å²) in [5.41, 5.74) is 6.01. The molecule has 1 aromatic heterocycles. The zero-order valence-electron chi connectivity index (χ0n) is 12.5. The number of hydrogen-bond acceptors (Lipinski definition) is 2. The molecule has 2 aromatic rings. The van der Waals surface area contributed by atoms with Crippen molar-refractivity contribution in [3.05, 3.63) is 46.8 Å². The van der Waals surface area contributed by atoms with E-state index in [4.69, 9.17) is 0 Å². The molecule has 0 spiro atoms. The molecule has 0 bridgehead atoms. The summed E-state index contributed by atoms with van der Waals surface area (Å²) >= 11 is 0. The van der Waals surface area contributed by atoms with Crippen LogP contribution in [0.25, 0.3) is 5.69 Å². The van der Waals surface area contributed by atoms with Crippen molar-refractivity contribution < 1.29 is 0 Å². The highest BCUT2D eigenvalue weighted by molar-refractivity contribution is 5.40. The Morgan fingerprint density at radius 3 is 2.58 bits per heavy atom. The molecular weight excluding hydrogens is 234 g/mol. The molecule has 1 aromatic carbocycles. The number of rotatable bonds is 4. The summed E-state index contributed by atoms with van der Waals surface area (Å²) in [4.78, 5) is 0. The molecule has 3 heteroatoms. The Hall–Kier alpha value is -1.61. The molecule has 0 saturated heterocycles. The molecule has 102 valence electrons. The normalized spacial score (nSPS) is 12.7. The molecule has 19 heavy (non-hydrogen) atoms. The first kappa shape index (κ1) is 13.8. The maximum absolute atomic E-state index is 4.62. The van der Waals surface area contributed by atoms with Crippen molar-refractivity contribution in [1.82, 2.24) is 15.1 Å². The second-order valence-electron chi connectivity index (χ2n) is 5.08. The Kier molecular flexibility index (Phi) is 4.05. The van der Waals surface area contributed by atoms with Gasteiger partial charge in [0.2, 0.25) is 0 Å². The van der Waals surface area contributed by atoms with Crippen LogP contribution in [-0.4, -0.2) is 16.3 Å². The summed E-state index contributed by atoms with van der Waals surface area (Å²) in [6.07, 6.45) is 0. The number of nitrogens with zero attached hydrogens (tertiary/aromatic N) is 2. The Morgan fingerprint density at radius 2 is 2.00 bits per heavy atom. The molecule has 1 unspecified atom stereocenters. The zero-order chi connectivity index (χ0) is 14.0. The summed E-state index contributed by atoms with van der Waals surface area (Å²) in [5.74, 6) is 0. The molecular formula is C16H23N3. The van der Waals surface area contributed by atoms with Crippen LogP contribution in [0.15, 0.2) is 24.3 Å². The van der Waals surface area contributed by atoms with Crippen molar-refractivity contribution in [2.45, 2.75) is 40.7 Å². The van der Waals surface area contributed by atoms with Crippen LogP contribution in [0.1, 0.15) is 42.4 Å². The fraction of sp³-hybridized carbons (Fsp3) is 0.438. The quantitative estimate of drug-likeness (QED) is 0.909. The molecule has 0 amide bonds. The van der Waals surface area contributed by atoms with Gasteiger partial charge >= 0.3 is 0 Å². The van der Waals surface area contributed by atoms with Gasteiger partial charge in [-0.25, -0.2) is 4.68 Å². The lowest BCUT2D eigenvalue weighted by Gasteiger charge is -2.14. The van der Waals surface area contributed by atoms with Gasteiger partial charge in [0.25, 0.3) is 0 Å². The van der Waals surface area contributed by atoms with Crippen LogP contribution in [0.2, 0.25) is 0 Å². The van der Waals surface area contributed by atoms with Crippen LogP contribution in [0, 0.1) is 20.8 Å². The van der Waals surface area contributed by atoms with E-state index in [1.165, 1.54) is 16.8 Å². The van der Waals surface area contributed by atoms with Crippen LogP contribution >= 0.6 is 0 Å². The van der Waals surface area contributed by atoms with Gasteiger partial charge in [-0.2, -0.15) is 5.10 Å². The van der Waals surface area contributed by atoms with E-state index in [0.29, 0.717) is 6.04 Å².